The minimum atomic E-state index is -1.57. The van der Waals surface area contributed by atoms with Crippen molar-refractivity contribution in [3.8, 4) is 5.75 Å². The Morgan fingerprint density at radius 1 is 1.33 bits per heavy atom. The summed E-state index contributed by atoms with van der Waals surface area (Å²) < 4.78 is 22.9. The van der Waals surface area contributed by atoms with E-state index >= 15 is 0 Å². The second-order valence-electron chi connectivity index (χ2n) is 8.43. The number of ether oxygens (including phenoxy) is 3. The molecule has 1 aromatic carbocycles. The van der Waals surface area contributed by atoms with Crippen molar-refractivity contribution in [1.82, 2.24) is 0 Å². The molecule has 0 amide bonds. The molecule has 7 nitrogen and oxygen atoms in total. The molecule has 4 fully saturated rings. The van der Waals surface area contributed by atoms with Crippen molar-refractivity contribution in [3.05, 3.63) is 29.5 Å². The van der Waals surface area contributed by atoms with Crippen LogP contribution in [0.25, 0.3) is 11.0 Å². The largest absolute Gasteiger partial charge is 0.496 e. The Morgan fingerprint density at radius 3 is 2.85 bits per heavy atom. The first-order chi connectivity index (χ1) is 12.9. The Bertz CT molecular complexity index is 999. The second-order valence-corrected chi connectivity index (χ2v) is 8.43. The Kier molecular flexibility index (Phi) is 2.64. The number of hydrogen-bond donors (Lipinski definition) is 2. The Hall–Kier alpha value is -2.09. The van der Waals surface area contributed by atoms with Crippen LogP contribution in [-0.2, 0) is 19.7 Å². The predicted molar refractivity (Wildman–Crippen MR) is 91.0 cm³/mol. The fourth-order valence-electron chi connectivity index (χ4n) is 6.27. The zero-order valence-electron chi connectivity index (χ0n) is 15.0. The van der Waals surface area contributed by atoms with E-state index in [-0.39, 0.29) is 12.5 Å². The van der Waals surface area contributed by atoms with E-state index in [4.69, 9.17) is 18.6 Å². The number of fused-ring (bicyclic) bond motifs is 5. The maximum absolute atomic E-state index is 12.9. The normalized spacial score (nSPS) is 44.1. The number of aliphatic hydroxyl groups is 2. The maximum Gasteiger partial charge on any atom is 0.318 e. The smallest absolute Gasteiger partial charge is 0.318 e. The molecule has 3 saturated heterocycles. The van der Waals surface area contributed by atoms with Crippen LogP contribution >= 0.6 is 0 Å². The van der Waals surface area contributed by atoms with Crippen LogP contribution in [0.1, 0.15) is 37.0 Å². The number of carbonyl (C=O) groups excluding carboxylic acids is 1. The van der Waals surface area contributed by atoms with E-state index in [0.717, 1.165) is 10.9 Å². The highest BCUT2D eigenvalue weighted by atomic mass is 16.6. The summed E-state index contributed by atoms with van der Waals surface area (Å²) in [6.07, 6.45) is 0.740. The average molecular weight is 372 g/mol. The molecule has 2 aromatic rings. The van der Waals surface area contributed by atoms with Gasteiger partial charge in [0, 0.05) is 23.3 Å². The van der Waals surface area contributed by atoms with Crippen LogP contribution < -0.4 is 4.74 Å². The number of benzene rings is 1. The Labute approximate surface area is 154 Å². The lowest BCUT2D eigenvalue weighted by Gasteiger charge is -2.63. The molecule has 5 aliphatic rings. The molecular formula is C20H20O7. The van der Waals surface area contributed by atoms with Crippen LogP contribution in [0.15, 0.2) is 22.8 Å². The molecule has 1 spiro atoms. The summed E-state index contributed by atoms with van der Waals surface area (Å²) in [4.78, 5) is 12.9. The first kappa shape index (κ1) is 15.9. The summed E-state index contributed by atoms with van der Waals surface area (Å²) in [7, 11) is 1.59. The van der Waals surface area contributed by atoms with Gasteiger partial charge < -0.3 is 28.8 Å². The number of carbonyl (C=O) groups is 1. The fraction of sp³-hybridized carbons (Fsp3) is 0.550. The number of aliphatic hydroxyl groups excluding tert-OH is 1. The van der Waals surface area contributed by atoms with Crippen LogP contribution in [-0.4, -0.2) is 41.8 Å². The van der Waals surface area contributed by atoms with Crippen molar-refractivity contribution in [1.29, 1.82) is 0 Å². The van der Waals surface area contributed by atoms with Crippen LogP contribution in [0.2, 0.25) is 0 Å². The zero-order chi connectivity index (χ0) is 18.8. The van der Waals surface area contributed by atoms with E-state index in [0.29, 0.717) is 29.7 Å². The molecule has 142 valence electrons. The highest BCUT2D eigenvalue weighted by Crippen LogP contribution is 2.70. The van der Waals surface area contributed by atoms with Crippen molar-refractivity contribution in [3.63, 3.8) is 0 Å². The molecule has 3 aliphatic heterocycles. The lowest BCUT2D eigenvalue weighted by atomic mass is 9.45. The first-order valence-corrected chi connectivity index (χ1v) is 9.21. The van der Waals surface area contributed by atoms with Gasteiger partial charge >= 0.3 is 5.97 Å². The van der Waals surface area contributed by atoms with Gasteiger partial charge in [0.25, 0.3) is 0 Å². The van der Waals surface area contributed by atoms with Gasteiger partial charge in [0.1, 0.15) is 29.0 Å². The monoisotopic (exact) mass is 372 g/mol. The lowest BCUT2D eigenvalue weighted by Crippen LogP contribution is -2.72. The van der Waals surface area contributed by atoms with Crippen LogP contribution in [0.4, 0.5) is 0 Å². The summed E-state index contributed by atoms with van der Waals surface area (Å²) in [5.41, 5.74) is 0.254. The van der Waals surface area contributed by atoms with Crippen LogP contribution in [0.5, 0.6) is 5.75 Å². The molecule has 6 atom stereocenters. The fourth-order valence-corrected chi connectivity index (χ4v) is 6.27. The van der Waals surface area contributed by atoms with Crippen molar-refractivity contribution in [2.75, 3.05) is 13.7 Å². The zero-order valence-corrected chi connectivity index (χ0v) is 15.0. The van der Waals surface area contributed by atoms with Crippen LogP contribution in [0, 0.1) is 11.3 Å². The molecule has 1 saturated carbocycles. The molecule has 2 N–H and O–H groups in total. The van der Waals surface area contributed by atoms with Gasteiger partial charge in [-0.3, -0.25) is 4.79 Å². The predicted octanol–water partition coefficient (Wildman–Crippen LogP) is 1.79. The standard InChI is InChI=1S/C20H20O7/c1-18-16-15(27-17(18)22)13(21)12-10(19(16)4-5-20(18,23)26-8-19)7-11(24-2)9-3-6-25-14(9)12/h3,6-7,13,15-16,21,23H,4-5,8H2,1-2H3/t13-,15-,16+,18+,19+,20-/m1/s1. The second kappa shape index (κ2) is 4.48. The molecule has 1 aromatic heterocycles. The average Bonchev–Trinajstić information content (AvgIpc) is 3.25. The van der Waals surface area contributed by atoms with E-state index in [9.17, 15) is 15.0 Å². The molecule has 4 heterocycles. The molecule has 7 heteroatoms. The number of hydrogen-bond acceptors (Lipinski definition) is 7. The third kappa shape index (κ3) is 1.45. The molecule has 2 aliphatic carbocycles. The number of methoxy groups -OCH3 is 1. The van der Waals surface area contributed by atoms with E-state index in [1.165, 1.54) is 0 Å². The summed E-state index contributed by atoms with van der Waals surface area (Å²) in [5, 5.41) is 23.1. The van der Waals surface area contributed by atoms with Gasteiger partial charge in [-0.15, -0.1) is 0 Å². The van der Waals surface area contributed by atoms with Gasteiger partial charge in [0.2, 0.25) is 0 Å². The summed E-state index contributed by atoms with van der Waals surface area (Å²) in [6.45, 7) is 1.96. The van der Waals surface area contributed by atoms with Crippen molar-refractivity contribution < 1.29 is 33.6 Å². The summed E-state index contributed by atoms with van der Waals surface area (Å²) in [6, 6.07) is 3.72. The van der Waals surface area contributed by atoms with Crippen molar-refractivity contribution >= 4 is 16.9 Å². The SMILES string of the molecule is COc1cc2c(c3occc13)[C@@H](O)[C@H]1OC(=O)[C@]3(C)[C@H]1[C@]21CC[C@@]3(O)OC1. The molecule has 0 radical (unpaired) electrons. The minimum Gasteiger partial charge on any atom is -0.496 e. The van der Waals surface area contributed by atoms with Gasteiger partial charge in [-0.25, -0.2) is 0 Å². The van der Waals surface area contributed by atoms with Gasteiger partial charge in [-0.05, 0) is 31.0 Å². The molecule has 2 bridgehead atoms. The third-order valence-corrected chi connectivity index (χ3v) is 7.61. The molecular weight excluding hydrogens is 352 g/mol. The highest BCUT2D eigenvalue weighted by Gasteiger charge is 2.79. The number of esters is 1. The van der Waals surface area contributed by atoms with E-state index in [1.54, 1.807) is 26.4 Å². The highest BCUT2D eigenvalue weighted by molar-refractivity contribution is 5.90. The van der Waals surface area contributed by atoms with Crippen molar-refractivity contribution in [2.24, 2.45) is 11.3 Å². The molecule has 7 rings (SSSR count). The first-order valence-electron chi connectivity index (χ1n) is 9.21. The summed E-state index contributed by atoms with van der Waals surface area (Å²) in [5.74, 6) is -1.82. The molecule has 0 unspecified atom stereocenters. The van der Waals surface area contributed by atoms with Gasteiger partial charge in [-0.2, -0.15) is 0 Å². The topological polar surface area (TPSA) is 98.4 Å². The Morgan fingerprint density at radius 2 is 2.15 bits per heavy atom. The van der Waals surface area contributed by atoms with Gasteiger partial charge in [-0.1, -0.05) is 0 Å². The molecule has 27 heavy (non-hydrogen) atoms. The van der Waals surface area contributed by atoms with Crippen molar-refractivity contribution in [2.45, 2.75) is 43.2 Å². The maximum atomic E-state index is 12.9. The van der Waals surface area contributed by atoms with E-state index in [1.807, 2.05) is 6.07 Å². The Balaban J connectivity index is 1.72. The lowest BCUT2D eigenvalue weighted by molar-refractivity contribution is -0.346. The van der Waals surface area contributed by atoms with Gasteiger partial charge in [0.05, 0.1) is 25.4 Å². The van der Waals surface area contributed by atoms with E-state index < -0.39 is 34.8 Å². The van der Waals surface area contributed by atoms with Crippen LogP contribution in [0.3, 0.4) is 0 Å². The quantitative estimate of drug-likeness (QED) is 0.737. The third-order valence-electron chi connectivity index (χ3n) is 7.61. The number of rotatable bonds is 1. The summed E-state index contributed by atoms with van der Waals surface area (Å²) >= 11 is 0. The minimum absolute atomic E-state index is 0.256. The van der Waals surface area contributed by atoms with E-state index in [2.05, 4.69) is 0 Å². The van der Waals surface area contributed by atoms with Gasteiger partial charge in [0.15, 0.2) is 5.79 Å². The number of furan rings is 1.